The summed E-state index contributed by atoms with van der Waals surface area (Å²) in [5.74, 6) is 0. The third-order valence-electron chi connectivity index (χ3n) is 3.82. The Balaban J connectivity index is 1.94. The Bertz CT molecular complexity index is 446. The second-order valence-electron chi connectivity index (χ2n) is 5.99. The fourth-order valence-corrected chi connectivity index (χ4v) is 2.29. The molecule has 0 aliphatic carbocycles. The molecular formula is C15H23N3O. The highest BCUT2D eigenvalue weighted by molar-refractivity contribution is 5.89. The van der Waals surface area contributed by atoms with Crippen LogP contribution in [0.1, 0.15) is 32.3 Å². The highest BCUT2D eigenvalue weighted by Gasteiger charge is 2.27. The highest BCUT2D eigenvalue weighted by Crippen LogP contribution is 2.29. The molecule has 1 aliphatic heterocycles. The number of piperidine rings is 1. The van der Waals surface area contributed by atoms with Crippen LogP contribution in [0.4, 0.5) is 10.5 Å². The van der Waals surface area contributed by atoms with Gasteiger partial charge in [-0.1, -0.05) is 26.0 Å². The summed E-state index contributed by atoms with van der Waals surface area (Å²) in [6.07, 6.45) is 2.12. The summed E-state index contributed by atoms with van der Waals surface area (Å²) < 4.78 is 0. The van der Waals surface area contributed by atoms with Crippen molar-refractivity contribution in [3.63, 3.8) is 0 Å². The summed E-state index contributed by atoms with van der Waals surface area (Å²) in [5, 5.41) is 2.95. The lowest BCUT2D eigenvalue weighted by atomic mass is 9.83. The van der Waals surface area contributed by atoms with Crippen molar-refractivity contribution in [1.82, 2.24) is 4.90 Å². The molecule has 2 amide bonds. The molecule has 0 saturated carbocycles. The summed E-state index contributed by atoms with van der Waals surface area (Å²) in [6.45, 7) is 6.66. The van der Waals surface area contributed by atoms with Gasteiger partial charge in [0.25, 0.3) is 0 Å². The number of anilines is 1. The second kappa shape index (κ2) is 5.61. The van der Waals surface area contributed by atoms with Crippen LogP contribution in [0.25, 0.3) is 0 Å². The van der Waals surface area contributed by atoms with Gasteiger partial charge in [0.2, 0.25) is 0 Å². The summed E-state index contributed by atoms with van der Waals surface area (Å²) in [6, 6.07) is 7.68. The van der Waals surface area contributed by atoms with E-state index in [1.807, 2.05) is 29.2 Å². The predicted molar refractivity (Wildman–Crippen MR) is 77.9 cm³/mol. The van der Waals surface area contributed by atoms with Crippen molar-refractivity contribution in [2.45, 2.75) is 33.2 Å². The van der Waals surface area contributed by atoms with Crippen LogP contribution in [0.2, 0.25) is 0 Å². The van der Waals surface area contributed by atoms with Gasteiger partial charge in [0, 0.05) is 25.3 Å². The maximum atomic E-state index is 12.2. The molecule has 0 radical (unpaired) electrons. The minimum absolute atomic E-state index is 0.00956. The number of carbonyl (C=O) groups excluding carboxylic acids is 1. The number of amides is 2. The van der Waals surface area contributed by atoms with Crippen LogP contribution in [0.5, 0.6) is 0 Å². The summed E-state index contributed by atoms with van der Waals surface area (Å²) in [4.78, 5) is 14.1. The molecule has 1 saturated heterocycles. The molecule has 0 unspecified atom stereocenters. The molecule has 4 nitrogen and oxygen atoms in total. The summed E-state index contributed by atoms with van der Waals surface area (Å²) in [7, 11) is 0. The molecule has 0 spiro atoms. The predicted octanol–water partition coefficient (Wildman–Crippen LogP) is 2.80. The van der Waals surface area contributed by atoms with Crippen LogP contribution < -0.4 is 11.1 Å². The Morgan fingerprint density at radius 2 is 2.05 bits per heavy atom. The van der Waals surface area contributed by atoms with E-state index in [2.05, 4.69) is 19.2 Å². The van der Waals surface area contributed by atoms with Crippen molar-refractivity contribution < 1.29 is 4.79 Å². The van der Waals surface area contributed by atoms with Crippen LogP contribution >= 0.6 is 0 Å². The SMILES string of the molecule is CC1(C)CCN(C(=O)Nc2cccc(CN)c2)CC1. The Kier molecular flexibility index (Phi) is 4.10. The largest absolute Gasteiger partial charge is 0.326 e. The first-order valence-electron chi connectivity index (χ1n) is 6.85. The van der Waals surface area contributed by atoms with E-state index < -0.39 is 0 Å². The molecule has 1 heterocycles. The van der Waals surface area contributed by atoms with E-state index in [1.54, 1.807) is 0 Å². The fourth-order valence-electron chi connectivity index (χ4n) is 2.29. The lowest BCUT2D eigenvalue weighted by Crippen LogP contribution is -2.43. The van der Waals surface area contributed by atoms with E-state index in [-0.39, 0.29) is 6.03 Å². The van der Waals surface area contributed by atoms with Crippen molar-refractivity contribution >= 4 is 11.7 Å². The van der Waals surface area contributed by atoms with Gasteiger partial charge < -0.3 is 16.0 Å². The first-order valence-corrected chi connectivity index (χ1v) is 6.85. The number of benzene rings is 1. The third kappa shape index (κ3) is 3.70. The number of hydrogen-bond acceptors (Lipinski definition) is 2. The zero-order chi connectivity index (χ0) is 13.9. The number of nitrogens with zero attached hydrogens (tertiary/aromatic N) is 1. The molecule has 19 heavy (non-hydrogen) atoms. The van der Waals surface area contributed by atoms with E-state index >= 15 is 0 Å². The van der Waals surface area contributed by atoms with Gasteiger partial charge in [-0.25, -0.2) is 4.79 Å². The van der Waals surface area contributed by atoms with Gasteiger partial charge in [0.05, 0.1) is 0 Å². The van der Waals surface area contributed by atoms with E-state index in [4.69, 9.17) is 5.73 Å². The Labute approximate surface area is 115 Å². The molecular weight excluding hydrogens is 238 g/mol. The molecule has 3 N–H and O–H groups in total. The lowest BCUT2D eigenvalue weighted by molar-refractivity contribution is 0.149. The van der Waals surface area contributed by atoms with E-state index in [9.17, 15) is 4.79 Å². The summed E-state index contributed by atoms with van der Waals surface area (Å²) >= 11 is 0. The van der Waals surface area contributed by atoms with Gasteiger partial charge in [0.15, 0.2) is 0 Å². The number of urea groups is 1. The molecule has 4 heteroatoms. The van der Waals surface area contributed by atoms with E-state index in [0.717, 1.165) is 37.2 Å². The number of rotatable bonds is 2. The molecule has 1 aliphatic rings. The first-order chi connectivity index (χ1) is 9.00. The molecule has 0 atom stereocenters. The Morgan fingerprint density at radius 3 is 2.68 bits per heavy atom. The van der Waals surface area contributed by atoms with Gasteiger partial charge in [-0.2, -0.15) is 0 Å². The molecule has 1 aromatic rings. The number of likely N-dealkylation sites (tertiary alicyclic amines) is 1. The average molecular weight is 261 g/mol. The zero-order valence-corrected chi connectivity index (χ0v) is 11.8. The van der Waals surface area contributed by atoms with Crippen molar-refractivity contribution in [2.24, 2.45) is 11.1 Å². The smallest absolute Gasteiger partial charge is 0.321 e. The van der Waals surface area contributed by atoms with E-state index in [0.29, 0.717) is 12.0 Å². The van der Waals surface area contributed by atoms with Gasteiger partial charge >= 0.3 is 6.03 Å². The second-order valence-corrected chi connectivity index (χ2v) is 5.99. The number of hydrogen-bond donors (Lipinski definition) is 2. The standard InChI is InChI=1S/C15H23N3O/c1-15(2)6-8-18(9-7-15)14(19)17-13-5-3-4-12(10-13)11-16/h3-5,10H,6-9,11,16H2,1-2H3,(H,17,19). The quantitative estimate of drug-likeness (QED) is 0.860. The molecule has 1 aromatic carbocycles. The number of nitrogens with two attached hydrogens (primary N) is 1. The zero-order valence-electron chi connectivity index (χ0n) is 11.8. The van der Waals surface area contributed by atoms with Crippen LogP contribution in [-0.2, 0) is 6.54 Å². The molecule has 0 bridgehead atoms. The molecule has 0 aromatic heterocycles. The topological polar surface area (TPSA) is 58.4 Å². The fraction of sp³-hybridized carbons (Fsp3) is 0.533. The average Bonchev–Trinajstić information content (AvgIpc) is 2.38. The van der Waals surface area contributed by atoms with Crippen molar-refractivity contribution in [1.29, 1.82) is 0 Å². The minimum Gasteiger partial charge on any atom is -0.326 e. The van der Waals surface area contributed by atoms with Gasteiger partial charge in [-0.05, 0) is 36.0 Å². The Hall–Kier alpha value is -1.55. The summed E-state index contributed by atoms with van der Waals surface area (Å²) in [5.41, 5.74) is 7.80. The van der Waals surface area contributed by atoms with Gasteiger partial charge in [-0.15, -0.1) is 0 Å². The van der Waals surface area contributed by atoms with Gasteiger partial charge in [-0.3, -0.25) is 0 Å². The number of carbonyl (C=O) groups is 1. The maximum absolute atomic E-state index is 12.2. The normalized spacial score (nSPS) is 18.2. The van der Waals surface area contributed by atoms with Crippen LogP contribution in [0.15, 0.2) is 24.3 Å². The third-order valence-corrected chi connectivity index (χ3v) is 3.82. The molecule has 1 fully saturated rings. The number of nitrogens with one attached hydrogen (secondary N) is 1. The van der Waals surface area contributed by atoms with Crippen molar-refractivity contribution in [2.75, 3.05) is 18.4 Å². The van der Waals surface area contributed by atoms with Crippen molar-refractivity contribution in [3.8, 4) is 0 Å². The van der Waals surface area contributed by atoms with Gasteiger partial charge in [0.1, 0.15) is 0 Å². The minimum atomic E-state index is -0.00956. The lowest BCUT2D eigenvalue weighted by Gasteiger charge is -2.36. The first kappa shape index (κ1) is 13.9. The highest BCUT2D eigenvalue weighted by atomic mass is 16.2. The monoisotopic (exact) mass is 261 g/mol. The van der Waals surface area contributed by atoms with Crippen LogP contribution in [0, 0.1) is 5.41 Å². The van der Waals surface area contributed by atoms with Crippen LogP contribution in [-0.4, -0.2) is 24.0 Å². The maximum Gasteiger partial charge on any atom is 0.321 e. The van der Waals surface area contributed by atoms with E-state index in [1.165, 1.54) is 0 Å². The molecule has 104 valence electrons. The Morgan fingerprint density at radius 1 is 1.37 bits per heavy atom. The van der Waals surface area contributed by atoms with Crippen LogP contribution in [0.3, 0.4) is 0 Å². The molecule has 2 rings (SSSR count). The van der Waals surface area contributed by atoms with Crippen molar-refractivity contribution in [3.05, 3.63) is 29.8 Å².